The third kappa shape index (κ3) is 2.08. The van der Waals surface area contributed by atoms with Gasteiger partial charge in [0.05, 0.1) is 6.04 Å². The molecule has 3 unspecified atom stereocenters. The Bertz CT molecular complexity index is 409. The predicted octanol–water partition coefficient (Wildman–Crippen LogP) is 1.29. The molecule has 1 aromatic rings. The number of fused-ring (bicyclic) bond motifs is 1. The summed E-state index contributed by atoms with van der Waals surface area (Å²) in [4.78, 5) is 2.35. The molecule has 17 heavy (non-hydrogen) atoms. The van der Waals surface area contributed by atoms with Gasteiger partial charge in [-0.1, -0.05) is 12.1 Å². The number of nitrogens with one attached hydrogen (secondary N) is 2. The van der Waals surface area contributed by atoms with Crippen molar-refractivity contribution in [3.05, 3.63) is 35.6 Å². The number of likely N-dealkylation sites (tertiary alicyclic amines) is 1. The van der Waals surface area contributed by atoms with Crippen LogP contribution in [0.25, 0.3) is 0 Å². The first-order valence-electron chi connectivity index (χ1n) is 6.19. The molecule has 3 atom stereocenters. The van der Waals surface area contributed by atoms with Gasteiger partial charge in [0.1, 0.15) is 5.82 Å². The molecule has 92 valence electrons. The van der Waals surface area contributed by atoms with Gasteiger partial charge in [-0.25, -0.2) is 9.82 Å². The third-order valence-corrected chi connectivity index (χ3v) is 3.92. The fourth-order valence-corrected chi connectivity index (χ4v) is 3.00. The predicted molar refractivity (Wildman–Crippen MR) is 64.8 cm³/mol. The van der Waals surface area contributed by atoms with Crippen LogP contribution in [-0.4, -0.2) is 31.1 Å². The molecule has 0 saturated carbocycles. The standard InChI is InChI=1S/C13H18FN3/c1-17-6-5-12-11(8-17)13(16-15-12)9-3-2-4-10(14)7-9/h2-4,7,11-13,15-16H,5-6,8H2,1H3. The van der Waals surface area contributed by atoms with E-state index in [-0.39, 0.29) is 11.9 Å². The average Bonchev–Trinajstić information content (AvgIpc) is 2.71. The van der Waals surface area contributed by atoms with Crippen molar-refractivity contribution in [2.24, 2.45) is 5.92 Å². The summed E-state index contributed by atoms with van der Waals surface area (Å²) in [5, 5.41) is 0. The van der Waals surface area contributed by atoms with E-state index in [1.807, 2.05) is 6.07 Å². The first-order chi connectivity index (χ1) is 8.24. The molecular formula is C13H18FN3. The lowest BCUT2D eigenvalue weighted by molar-refractivity contribution is 0.185. The zero-order valence-electron chi connectivity index (χ0n) is 9.99. The van der Waals surface area contributed by atoms with Crippen LogP contribution in [0.2, 0.25) is 0 Å². The number of halogens is 1. The highest BCUT2D eigenvalue weighted by Gasteiger charge is 2.39. The van der Waals surface area contributed by atoms with Gasteiger partial charge in [-0.05, 0) is 37.7 Å². The van der Waals surface area contributed by atoms with Crippen molar-refractivity contribution in [2.75, 3.05) is 20.1 Å². The molecule has 3 rings (SSSR count). The van der Waals surface area contributed by atoms with Gasteiger partial charge in [0.2, 0.25) is 0 Å². The summed E-state index contributed by atoms with van der Waals surface area (Å²) in [6.07, 6.45) is 1.15. The molecule has 1 aromatic carbocycles. The molecule has 0 bridgehead atoms. The molecule has 2 aliphatic rings. The lowest BCUT2D eigenvalue weighted by Gasteiger charge is -2.33. The molecule has 3 nitrogen and oxygen atoms in total. The topological polar surface area (TPSA) is 27.3 Å². The number of hydrazine groups is 1. The monoisotopic (exact) mass is 235 g/mol. The second-order valence-electron chi connectivity index (χ2n) is 5.14. The SMILES string of the molecule is CN1CCC2NNC(c3cccc(F)c3)C2C1. The highest BCUT2D eigenvalue weighted by Crippen LogP contribution is 2.33. The van der Waals surface area contributed by atoms with Crippen LogP contribution < -0.4 is 10.9 Å². The van der Waals surface area contributed by atoms with E-state index >= 15 is 0 Å². The van der Waals surface area contributed by atoms with E-state index in [1.165, 1.54) is 6.07 Å². The van der Waals surface area contributed by atoms with Gasteiger partial charge in [-0.3, -0.25) is 5.43 Å². The number of hydrogen-bond acceptors (Lipinski definition) is 3. The van der Waals surface area contributed by atoms with Gasteiger partial charge >= 0.3 is 0 Å². The molecule has 2 N–H and O–H groups in total. The normalized spacial score (nSPS) is 33.6. The summed E-state index contributed by atoms with van der Waals surface area (Å²) in [7, 11) is 2.15. The Morgan fingerprint density at radius 1 is 1.35 bits per heavy atom. The average molecular weight is 235 g/mol. The Balaban J connectivity index is 1.84. The second-order valence-corrected chi connectivity index (χ2v) is 5.14. The Morgan fingerprint density at radius 3 is 3.06 bits per heavy atom. The van der Waals surface area contributed by atoms with E-state index in [9.17, 15) is 4.39 Å². The minimum Gasteiger partial charge on any atom is -0.306 e. The Hall–Kier alpha value is -0.970. The lowest BCUT2D eigenvalue weighted by Crippen LogP contribution is -2.43. The van der Waals surface area contributed by atoms with Crippen LogP contribution >= 0.6 is 0 Å². The Kier molecular flexibility index (Phi) is 2.86. The van der Waals surface area contributed by atoms with Crippen LogP contribution in [0.15, 0.2) is 24.3 Å². The highest BCUT2D eigenvalue weighted by atomic mass is 19.1. The number of rotatable bonds is 1. The zero-order valence-corrected chi connectivity index (χ0v) is 9.99. The van der Waals surface area contributed by atoms with Gasteiger partial charge in [0.15, 0.2) is 0 Å². The largest absolute Gasteiger partial charge is 0.306 e. The number of hydrogen-bond donors (Lipinski definition) is 2. The van der Waals surface area contributed by atoms with E-state index in [0.717, 1.165) is 25.1 Å². The summed E-state index contributed by atoms with van der Waals surface area (Å²) in [5.74, 6) is 0.368. The highest BCUT2D eigenvalue weighted by molar-refractivity contribution is 5.23. The molecule has 2 saturated heterocycles. The number of benzene rings is 1. The van der Waals surface area contributed by atoms with Gasteiger partial charge in [-0.2, -0.15) is 0 Å². The number of piperidine rings is 1. The molecule has 0 spiro atoms. The first kappa shape index (κ1) is 11.1. The van der Waals surface area contributed by atoms with Crippen LogP contribution in [0.3, 0.4) is 0 Å². The third-order valence-electron chi connectivity index (χ3n) is 3.92. The minimum atomic E-state index is -0.156. The fraction of sp³-hybridized carbons (Fsp3) is 0.538. The van der Waals surface area contributed by atoms with Crippen molar-refractivity contribution >= 4 is 0 Å². The van der Waals surface area contributed by atoms with E-state index in [4.69, 9.17) is 0 Å². The van der Waals surface area contributed by atoms with Crippen LogP contribution in [0, 0.1) is 11.7 Å². The summed E-state index contributed by atoms with van der Waals surface area (Å²) in [6, 6.07) is 7.65. The second kappa shape index (κ2) is 4.37. The van der Waals surface area contributed by atoms with Crippen molar-refractivity contribution < 1.29 is 4.39 Å². The van der Waals surface area contributed by atoms with Gasteiger partial charge in [0.25, 0.3) is 0 Å². The molecular weight excluding hydrogens is 217 g/mol. The van der Waals surface area contributed by atoms with Crippen molar-refractivity contribution in [2.45, 2.75) is 18.5 Å². The summed E-state index contributed by atoms with van der Waals surface area (Å²) in [5.41, 5.74) is 7.71. The van der Waals surface area contributed by atoms with E-state index < -0.39 is 0 Å². The Labute approximate surface area is 101 Å². The van der Waals surface area contributed by atoms with Crippen LogP contribution in [0.1, 0.15) is 18.0 Å². The summed E-state index contributed by atoms with van der Waals surface area (Å²) in [6.45, 7) is 2.19. The molecule has 0 aliphatic carbocycles. The van der Waals surface area contributed by atoms with Gasteiger partial charge in [0, 0.05) is 18.5 Å². The van der Waals surface area contributed by atoms with E-state index in [2.05, 4.69) is 22.8 Å². The molecule has 0 aromatic heterocycles. The van der Waals surface area contributed by atoms with Crippen molar-refractivity contribution in [1.29, 1.82) is 0 Å². The van der Waals surface area contributed by atoms with E-state index in [0.29, 0.717) is 12.0 Å². The molecule has 2 aliphatic heterocycles. The summed E-state index contributed by atoms with van der Waals surface area (Å²) >= 11 is 0. The smallest absolute Gasteiger partial charge is 0.123 e. The van der Waals surface area contributed by atoms with Crippen LogP contribution in [-0.2, 0) is 0 Å². The van der Waals surface area contributed by atoms with Crippen molar-refractivity contribution in [3.8, 4) is 0 Å². The molecule has 0 amide bonds. The Morgan fingerprint density at radius 2 is 2.24 bits per heavy atom. The quantitative estimate of drug-likeness (QED) is 0.768. The van der Waals surface area contributed by atoms with Crippen LogP contribution in [0.4, 0.5) is 4.39 Å². The van der Waals surface area contributed by atoms with Crippen molar-refractivity contribution in [1.82, 2.24) is 15.8 Å². The first-order valence-corrected chi connectivity index (χ1v) is 6.19. The lowest BCUT2D eigenvalue weighted by atomic mass is 9.85. The van der Waals surface area contributed by atoms with Gasteiger partial charge < -0.3 is 4.90 Å². The molecule has 4 heteroatoms. The fourth-order valence-electron chi connectivity index (χ4n) is 3.00. The molecule has 2 fully saturated rings. The maximum Gasteiger partial charge on any atom is 0.123 e. The zero-order chi connectivity index (χ0) is 11.8. The minimum absolute atomic E-state index is 0.156. The maximum absolute atomic E-state index is 13.3. The molecule has 2 heterocycles. The van der Waals surface area contributed by atoms with Crippen molar-refractivity contribution in [3.63, 3.8) is 0 Å². The van der Waals surface area contributed by atoms with E-state index in [1.54, 1.807) is 12.1 Å². The maximum atomic E-state index is 13.3. The summed E-state index contributed by atoms with van der Waals surface area (Å²) < 4.78 is 13.3. The molecule has 0 radical (unpaired) electrons. The van der Waals surface area contributed by atoms with Crippen LogP contribution in [0.5, 0.6) is 0 Å². The number of nitrogens with zero attached hydrogens (tertiary/aromatic N) is 1. The van der Waals surface area contributed by atoms with Gasteiger partial charge in [-0.15, -0.1) is 0 Å².